The Bertz CT molecular complexity index is 643. The van der Waals surface area contributed by atoms with Gasteiger partial charge in [-0.15, -0.1) is 0 Å². The van der Waals surface area contributed by atoms with E-state index in [2.05, 4.69) is 5.32 Å². The second-order valence-electron chi connectivity index (χ2n) is 4.51. The molecule has 1 N–H and O–H groups in total. The first-order valence-corrected chi connectivity index (χ1v) is 6.39. The van der Waals surface area contributed by atoms with Crippen LogP contribution in [0.15, 0.2) is 30.3 Å². The van der Waals surface area contributed by atoms with Crippen molar-refractivity contribution in [2.24, 2.45) is 0 Å². The second kappa shape index (κ2) is 5.85. The van der Waals surface area contributed by atoms with Gasteiger partial charge >= 0.3 is 0 Å². The molecule has 0 saturated heterocycles. The SMILES string of the molecule is CNC(c1cc(C)c(F)cc1F)c1cc(F)ccc1Cl. The zero-order valence-electron chi connectivity index (χ0n) is 11.0. The smallest absolute Gasteiger partial charge is 0.131 e. The van der Waals surface area contributed by atoms with E-state index in [0.717, 1.165) is 6.07 Å². The highest BCUT2D eigenvalue weighted by molar-refractivity contribution is 6.31. The Labute approximate surface area is 120 Å². The molecule has 20 heavy (non-hydrogen) atoms. The minimum absolute atomic E-state index is 0.221. The molecule has 0 bridgehead atoms. The summed E-state index contributed by atoms with van der Waals surface area (Å²) in [7, 11) is 1.60. The van der Waals surface area contributed by atoms with Crippen LogP contribution in [0.25, 0.3) is 0 Å². The third kappa shape index (κ3) is 2.81. The van der Waals surface area contributed by atoms with Crippen LogP contribution in [0.3, 0.4) is 0 Å². The molecule has 1 unspecified atom stereocenters. The molecule has 0 spiro atoms. The van der Waals surface area contributed by atoms with E-state index in [9.17, 15) is 13.2 Å². The Balaban J connectivity index is 2.58. The monoisotopic (exact) mass is 299 g/mol. The maximum absolute atomic E-state index is 14.0. The summed E-state index contributed by atoms with van der Waals surface area (Å²) in [6.45, 7) is 1.54. The lowest BCUT2D eigenvalue weighted by atomic mass is 9.96. The normalized spacial score (nSPS) is 12.5. The molecule has 106 valence electrons. The maximum Gasteiger partial charge on any atom is 0.131 e. The van der Waals surface area contributed by atoms with Crippen molar-refractivity contribution in [3.05, 3.63) is 69.5 Å². The molecule has 0 saturated carbocycles. The molecule has 0 fully saturated rings. The van der Waals surface area contributed by atoms with Gasteiger partial charge < -0.3 is 5.32 Å². The van der Waals surface area contributed by atoms with Gasteiger partial charge in [-0.2, -0.15) is 0 Å². The van der Waals surface area contributed by atoms with Gasteiger partial charge in [0.05, 0.1) is 6.04 Å². The van der Waals surface area contributed by atoms with Crippen LogP contribution >= 0.6 is 11.6 Å². The van der Waals surface area contributed by atoms with E-state index in [-0.39, 0.29) is 5.56 Å². The molecule has 2 aromatic rings. The molecule has 1 nitrogen and oxygen atoms in total. The highest BCUT2D eigenvalue weighted by Gasteiger charge is 2.20. The third-order valence-corrected chi connectivity index (χ3v) is 3.49. The van der Waals surface area contributed by atoms with Crippen LogP contribution in [0.1, 0.15) is 22.7 Å². The Morgan fingerprint density at radius 1 is 1.00 bits per heavy atom. The van der Waals surface area contributed by atoms with Gasteiger partial charge in [-0.05, 0) is 49.4 Å². The van der Waals surface area contributed by atoms with Crippen molar-refractivity contribution in [2.45, 2.75) is 13.0 Å². The summed E-state index contributed by atoms with van der Waals surface area (Å²) in [5.74, 6) is -1.79. The average Bonchev–Trinajstić information content (AvgIpc) is 2.40. The van der Waals surface area contributed by atoms with Gasteiger partial charge in [-0.1, -0.05) is 11.6 Å². The summed E-state index contributed by atoms with van der Waals surface area (Å²) >= 11 is 6.04. The zero-order valence-corrected chi connectivity index (χ0v) is 11.7. The number of aryl methyl sites for hydroxylation is 1. The number of benzene rings is 2. The van der Waals surface area contributed by atoms with Crippen molar-refractivity contribution in [3.8, 4) is 0 Å². The molecule has 0 aliphatic heterocycles. The van der Waals surface area contributed by atoms with Crippen molar-refractivity contribution >= 4 is 11.6 Å². The molecule has 5 heteroatoms. The largest absolute Gasteiger partial charge is 0.309 e. The molecule has 0 aromatic heterocycles. The van der Waals surface area contributed by atoms with Crippen molar-refractivity contribution in [2.75, 3.05) is 7.05 Å². The maximum atomic E-state index is 14.0. The fourth-order valence-electron chi connectivity index (χ4n) is 2.12. The topological polar surface area (TPSA) is 12.0 Å². The van der Waals surface area contributed by atoms with Crippen LogP contribution in [0.4, 0.5) is 13.2 Å². The molecule has 0 aliphatic carbocycles. The summed E-state index contributed by atoms with van der Waals surface area (Å²) in [6, 6.07) is 5.43. The molecule has 2 aromatic carbocycles. The highest BCUT2D eigenvalue weighted by Crippen LogP contribution is 2.31. The van der Waals surface area contributed by atoms with Gasteiger partial charge in [0, 0.05) is 16.7 Å². The van der Waals surface area contributed by atoms with Gasteiger partial charge in [0.2, 0.25) is 0 Å². The van der Waals surface area contributed by atoms with Gasteiger partial charge in [-0.25, -0.2) is 13.2 Å². The summed E-state index contributed by atoms with van der Waals surface area (Å²) in [4.78, 5) is 0. The lowest BCUT2D eigenvalue weighted by molar-refractivity contribution is 0.546. The van der Waals surface area contributed by atoms with E-state index < -0.39 is 23.5 Å². The Morgan fingerprint density at radius 3 is 2.35 bits per heavy atom. The highest BCUT2D eigenvalue weighted by atomic mass is 35.5. The Hall–Kier alpha value is -1.52. The molecule has 0 radical (unpaired) electrons. The van der Waals surface area contributed by atoms with Crippen molar-refractivity contribution in [3.63, 3.8) is 0 Å². The molecule has 1 atom stereocenters. The van der Waals surface area contributed by atoms with Crippen LogP contribution < -0.4 is 5.32 Å². The Morgan fingerprint density at radius 2 is 1.70 bits per heavy atom. The minimum Gasteiger partial charge on any atom is -0.309 e. The Kier molecular flexibility index (Phi) is 4.35. The summed E-state index contributed by atoms with van der Waals surface area (Å²) in [6.07, 6.45) is 0. The van der Waals surface area contributed by atoms with E-state index in [4.69, 9.17) is 11.6 Å². The molecule has 0 aliphatic rings. The number of rotatable bonds is 3. The minimum atomic E-state index is -0.701. The number of nitrogens with one attached hydrogen (secondary N) is 1. The van der Waals surface area contributed by atoms with Gasteiger partial charge in [0.15, 0.2) is 0 Å². The zero-order chi connectivity index (χ0) is 14.9. The van der Waals surface area contributed by atoms with E-state index in [0.29, 0.717) is 16.1 Å². The first kappa shape index (κ1) is 14.9. The fraction of sp³-hybridized carbons (Fsp3) is 0.200. The van der Waals surface area contributed by atoms with E-state index in [1.54, 1.807) is 7.05 Å². The predicted molar refractivity (Wildman–Crippen MR) is 73.4 cm³/mol. The number of hydrogen-bond donors (Lipinski definition) is 1. The van der Waals surface area contributed by atoms with Gasteiger partial charge in [-0.3, -0.25) is 0 Å². The van der Waals surface area contributed by atoms with Crippen LogP contribution in [-0.2, 0) is 0 Å². The number of hydrogen-bond acceptors (Lipinski definition) is 1. The van der Waals surface area contributed by atoms with E-state index >= 15 is 0 Å². The van der Waals surface area contributed by atoms with Crippen LogP contribution in [-0.4, -0.2) is 7.05 Å². The molecular formula is C15H13ClF3N. The quantitative estimate of drug-likeness (QED) is 0.887. The lowest BCUT2D eigenvalue weighted by Gasteiger charge is -2.20. The average molecular weight is 300 g/mol. The van der Waals surface area contributed by atoms with Crippen molar-refractivity contribution in [1.82, 2.24) is 5.32 Å². The van der Waals surface area contributed by atoms with Crippen LogP contribution in [0.5, 0.6) is 0 Å². The summed E-state index contributed by atoms with van der Waals surface area (Å²) in [5.41, 5.74) is 0.937. The molecule has 0 heterocycles. The second-order valence-corrected chi connectivity index (χ2v) is 4.92. The van der Waals surface area contributed by atoms with Gasteiger partial charge in [0.1, 0.15) is 17.5 Å². The molecule has 2 rings (SSSR count). The van der Waals surface area contributed by atoms with Crippen molar-refractivity contribution in [1.29, 1.82) is 0 Å². The predicted octanol–water partition coefficient (Wildman–Crippen LogP) is 4.37. The summed E-state index contributed by atoms with van der Waals surface area (Å²) in [5, 5.41) is 3.19. The lowest BCUT2D eigenvalue weighted by Crippen LogP contribution is -2.20. The van der Waals surface area contributed by atoms with E-state index in [1.807, 2.05) is 0 Å². The van der Waals surface area contributed by atoms with E-state index in [1.165, 1.54) is 31.2 Å². The van der Waals surface area contributed by atoms with Crippen LogP contribution in [0, 0.1) is 24.4 Å². The third-order valence-electron chi connectivity index (χ3n) is 3.15. The fourth-order valence-corrected chi connectivity index (χ4v) is 2.34. The standard InChI is InChI=1S/C15H13ClF3N/c1-8-5-11(14(19)7-13(8)18)15(20-2)10-6-9(17)3-4-12(10)16/h3-7,15,20H,1-2H3. The molecular weight excluding hydrogens is 287 g/mol. The number of halogens is 4. The first-order chi connectivity index (χ1) is 9.43. The summed E-state index contributed by atoms with van der Waals surface area (Å²) < 4.78 is 40.7. The first-order valence-electron chi connectivity index (χ1n) is 6.01. The molecule has 0 amide bonds. The van der Waals surface area contributed by atoms with Crippen LogP contribution in [0.2, 0.25) is 5.02 Å². The van der Waals surface area contributed by atoms with Gasteiger partial charge in [0.25, 0.3) is 0 Å². The van der Waals surface area contributed by atoms with Crippen molar-refractivity contribution < 1.29 is 13.2 Å².